The minimum atomic E-state index is -1.04. The number of amides is 2. The molecule has 2 rings (SSSR count). The lowest BCUT2D eigenvalue weighted by Gasteiger charge is -2.29. The minimum Gasteiger partial charge on any atom is -0.480 e. The first kappa shape index (κ1) is 24.2. The summed E-state index contributed by atoms with van der Waals surface area (Å²) < 4.78 is 6.15. The number of carbonyl (C=O) groups is 3. The van der Waals surface area contributed by atoms with E-state index in [0.717, 1.165) is 22.9 Å². The monoisotopic (exact) mass is 482 g/mol. The Morgan fingerprint density at radius 2 is 1.73 bits per heavy atom. The predicted molar refractivity (Wildman–Crippen MR) is 117 cm³/mol. The van der Waals surface area contributed by atoms with Crippen LogP contribution in [0.4, 0.5) is 4.79 Å². The average molecular weight is 483 g/mol. The van der Waals surface area contributed by atoms with Gasteiger partial charge in [0, 0.05) is 23.4 Å². The highest BCUT2D eigenvalue weighted by molar-refractivity contribution is 9.10. The highest BCUT2D eigenvalue weighted by Gasteiger charge is 2.30. The fourth-order valence-corrected chi connectivity index (χ4v) is 3.78. The van der Waals surface area contributed by atoms with E-state index in [1.54, 1.807) is 0 Å². The Balaban J connectivity index is 1.78. The summed E-state index contributed by atoms with van der Waals surface area (Å²) in [6.45, 7) is 5.97. The van der Waals surface area contributed by atoms with Crippen LogP contribution in [-0.2, 0) is 20.7 Å². The zero-order valence-corrected chi connectivity index (χ0v) is 19.3. The van der Waals surface area contributed by atoms with Crippen LogP contribution in [0.25, 0.3) is 0 Å². The molecule has 1 saturated carbocycles. The van der Waals surface area contributed by atoms with Gasteiger partial charge in [0.2, 0.25) is 5.91 Å². The lowest BCUT2D eigenvalue weighted by Crippen LogP contribution is -2.46. The number of carboxylic acids is 1. The van der Waals surface area contributed by atoms with Gasteiger partial charge in [-0.15, -0.1) is 0 Å². The minimum absolute atomic E-state index is 0.199. The van der Waals surface area contributed by atoms with Crippen molar-refractivity contribution < 1.29 is 24.2 Å². The first-order valence-corrected chi connectivity index (χ1v) is 11.1. The van der Waals surface area contributed by atoms with Gasteiger partial charge in [0.15, 0.2) is 0 Å². The van der Waals surface area contributed by atoms with Crippen LogP contribution < -0.4 is 10.6 Å². The van der Waals surface area contributed by atoms with Crippen molar-refractivity contribution in [3.63, 3.8) is 0 Å². The summed E-state index contributed by atoms with van der Waals surface area (Å²) in [6.07, 6.45) is 2.77. The van der Waals surface area contributed by atoms with E-state index in [-0.39, 0.29) is 18.2 Å². The molecule has 1 aliphatic rings. The third-order valence-corrected chi connectivity index (χ3v) is 5.65. The third-order valence-electron chi connectivity index (χ3n) is 5.12. The zero-order chi connectivity index (χ0) is 22.3. The molecule has 1 aromatic carbocycles. The maximum Gasteiger partial charge on any atom is 0.407 e. The number of carbonyl (C=O) groups excluding carboxylic acids is 2. The molecule has 166 valence electrons. The largest absolute Gasteiger partial charge is 0.480 e. The van der Waals surface area contributed by atoms with Crippen LogP contribution >= 0.6 is 15.9 Å². The lowest BCUT2D eigenvalue weighted by atomic mass is 9.81. The standard InChI is InChI=1S/C22H31BrN2O5/c1-22(2,3)30-21(29)24-13-15-4-8-16(9-5-15)19(26)25-18(20(27)28)12-14-6-10-17(23)11-7-14/h6-7,10-11,15-16,18H,4-5,8-9,12-13H2,1-3H3,(H,24,29)(H,25,26)(H,27,28)/t15-,16-,18?. The Labute approximate surface area is 186 Å². The SMILES string of the molecule is CC(C)(C)OC(=O)NC[C@H]1CC[C@H](C(=O)NC(Cc2ccc(Br)cc2)C(=O)O)CC1. The molecule has 0 bridgehead atoms. The molecular formula is C22H31BrN2O5. The zero-order valence-electron chi connectivity index (χ0n) is 17.7. The Morgan fingerprint density at radius 3 is 2.27 bits per heavy atom. The molecule has 0 saturated heterocycles. The van der Waals surface area contributed by atoms with E-state index >= 15 is 0 Å². The Morgan fingerprint density at radius 1 is 1.13 bits per heavy atom. The van der Waals surface area contributed by atoms with Crippen LogP contribution in [0, 0.1) is 11.8 Å². The number of hydrogen-bond donors (Lipinski definition) is 3. The third kappa shape index (κ3) is 8.34. The summed E-state index contributed by atoms with van der Waals surface area (Å²) in [7, 11) is 0. The van der Waals surface area contributed by atoms with Gasteiger partial charge in [-0.05, 0) is 70.1 Å². The fourth-order valence-electron chi connectivity index (χ4n) is 3.52. The highest BCUT2D eigenvalue weighted by atomic mass is 79.9. The quantitative estimate of drug-likeness (QED) is 0.546. The number of nitrogens with one attached hydrogen (secondary N) is 2. The number of aliphatic carboxylic acids is 1. The van der Waals surface area contributed by atoms with Gasteiger partial charge in [0.05, 0.1) is 0 Å². The number of hydrogen-bond acceptors (Lipinski definition) is 4. The van der Waals surface area contributed by atoms with Gasteiger partial charge in [-0.3, -0.25) is 4.79 Å². The van der Waals surface area contributed by atoms with Gasteiger partial charge in [-0.25, -0.2) is 9.59 Å². The summed E-state index contributed by atoms with van der Waals surface area (Å²) >= 11 is 3.35. The topological polar surface area (TPSA) is 105 Å². The molecular weight excluding hydrogens is 452 g/mol. The molecule has 0 spiro atoms. The van der Waals surface area contributed by atoms with Gasteiger partial charge in [-0.1, -0.05) is 28.1 Å². The van der Waals surface area contributed by atoms with Crippen LogP contribution in [0.15, 0.2) is 28.7 Å². The normalized spacial score (nSPS) is 20.1. The summed E-state index contributed by atoms with van der Waals surface area (Å²) in [5, 5.41) is 15.0. The number of halogens is 1. The number of benzene rings is 1. The fraction of sp³-hybridized carbons (Fsp3) is 0.591. The molecule has 0 heterocycles. The van der Waals surface area contributed by atoms with Crippen LogP contribution in [0.3, 0.4) is 0 Å². The summed E-state index contributed by atoms with van der Waals surface area (Å²) in [5.74, 6) is -1.16. The second-order valence-corrected chi connectivity index (χ2v) is 9.75. The number of alkyl carbamates (subject to hydrolysis) is 1. The van der Waals surface area contributed by atoms with Crippen LogP contribution in [0.1, 0.15) is 52.0 Å². The van der Waals surface area contributed by atoms with Gasteiger partial charge >= 0.3 is 12.1 Å². The highest BCUT2D eigenvalue weighted by Crippen LogP contribution is 2.29. The first-order chi connectivity index (χ1) is 14.0. The summed E-state index contributed by atoms with van der Waals surface area (Å²) in [4.78, 5) is 36.0. The molecule has 2 amide bonds. The molecule has 1 unspecified atom stereocenters. The lowest BCUT2D eigenvalue weighted by molar-refractivity contribution is -0.142. The number of ether oxygens (including phenoxy) is 1. The molecule has 0 aliphatic heterocycles. The first-order valence-electron chi connectivity index (χ1n) is 10.3. The van der Waals surface area contributed by atoms with Gasteiger partial charge in [0.25, 0.3) is 0 Å². The van der Waals surface area contributed by atoms with Crippen molar-refractivity contribution in [2.45, 2.75) is 64.5 Å². The van der Waals surface area contributed by atoms with E-state index in [2.05, 4.69) is 26.6 Å². The Hall–Kier alpha value is -2.09. The van der Waals surface area contributed by atoms with Crippen molar-refractivity contribution in [1.82, 2.24) is 10.6 Å². The van der Waals surface area contributed by atoms with E-state index in [1.807, 2.05) is 45.0 Å². The number of rotatable bonds is 7. The molecule has 3 N–H and O–H groups in total. The molecule has 0 aromatic heterocycles. The molecule has 1 aromatic rings. The van der Waals surface area contributed by atoms with Crippen LogP contribution in [0.2, 0.25) is 0 Å². The maximum absolute atomic E-state index is 12.6. The van der Waals surface area contributed by atoms with Crippen LogP contribution in [0.5, 0.6) is 0 Å². The van der Waals surface area contributed by atoms with Gasteiger partial charge in [-0.2, -0.15) is 0 Å². The molecule has 1 fully saturated rings. The second kappa shape index (κ2) is 10.8. The molecule has 7 nitrogen and oxygen atoms in total. The van der Waals surface area contributed by atoms with Crippen molar-refractivity contribution >= 4 is 33.9 Å². The van der Waals surface area contributed by atoms with Crippen molar-refractivity contribution in [2.75, 3.05) is 6.54 Å². The van der Waals surface area contributed by atoms with Gasteiger partial charge in [0.1, 0.15) is 11.6 Å². The van der Waals surface area contributed by atoms with Crippen molar-refractivity contribution in [3.8, 4) is 0 Å². The second-order valence-electron chi connectivity index (χ2n) is 8.83. The molecule has 1 aliphatic carbocycles. The van der Waals surface area contributed by atoms with E-state index in [4.69, 9.17) is 4.74 Å². The van der Waals surface area contributed by atoms with E-state index < -0.39 is 23.7 Å². The molecule has 30 heavy (non-hydrogen) atoms. The number of carboxylic acid groups (broad SMARTS) is 1. The molecule has 0 radical (unpaired) electrons. The van der Waals surface area contributed by atoms with E-state index in [9.17, 15) is 19.5 Å². The Kier molecular flexibility index (Phi) is 8.70. The van der Waals surface area contributed by atoms with E-state index in [0.29, 0.717) is 25.3 Å². The maximum atomic E-state index is 12.6. The van der Waals surface area contributed by atoms with Crippen molar-refractivity contribution in [3.05, 3.63) is 34.3 Å². The smallest absolute Gasteiger partial charge is 0.407 e. The Bertz CT molecular complexity index is 737. The van der Waals surface area contributed by atoms with Crippen molar-refractivity contribution in [1.29, 1.82) is 0 Å². The summed E-state index contributed by atoms with van der Waals surface area (Å²) in [6, 6.07) is 6.43. The molecule has 1 atom stereocenters. The van der Waals surface area contributed by atoms with Gasteiger partial charge < -0.3 is 20.5 Å². The predicted octanol–water partition coefficient (Wildman–Crippen LogP) is 3.89. The summed E-state index contributed by atoms with van der Waals surface area (Å²) in [5.41, 5.74) is 0.319. The molecule has 8 heteroatoms. The van der Waals surface area contributed by atoms with Crippen molar-refractivity contribution in [2.24, 2.45) is 11.8 Å². The van der Waals surface area contributed by atoms with E-state index in [1.165, 1.54) is 0 Å². The van der Waals surface area contributed by atoms with Crippen LogP contribution in [-0.4, -0.2) is 41.3 Å². The average Bonchev–Trinajstić information content (AvgIpc) is 2.66.